The Morgan fingerprint density at radius 2 is 2.20 bits per heavy atom. The van der Waals surface area contributed by atoms with E-state index in [1.54, 1.807) is 0 Å². The molecule has 0 aromatic carbocycles. The average Bonchev–Trinajstić information content (AvgIpc) is 3.22. The molecular formula is C19H27N9O2. The van der Waals surface area contributed by atoms with Gasteiger partial charge in [0.2, 0.25) is 17.6 Å². The van der Waals surface area contributed by atoms with Gasteiger partial charge in [-0.2, -0.15) is 4.98 Å². The summed E-state index contributed by atoms with van der Waals surface area (Å²) in [4.78, 5) is 15.6. The molecule has 1 saturated carbocycles. The molecule has 3 aromatic heterocycles. The first-order valence-corrected chi connectivity index (χ1v) is 9.99. The topological polar surface area (TPSA) is 144 Å². The van der Waals surface area contributed by atoms with Gasteiger partial charge in [0.15, 0.2) is 17.2 Å². The van der Waals surface area contributed by atoms with E-state index in [1.165, 1.54) is 19.3 Å². The van der Waals surface area contributed by atoms with E-state index in [9.17, 15) is 0 Å². The van der Waals surface area contributed by atoms with E-state index in [-0.39, 0.29) is 17.7 Å². The van der Waals surface area contributed by atoms with Crippen molar-refractivity contribution in [2.75, 3.05) is 17.3 Å². The normalized spacial score (nSPS) is 15.9. The summed E-state index contributed by atoms with van der Waals surface area (Å²) in [7, 11) is 3.83. The predicted molar refractivity (Wildman–Crippen MR) is 113 cm³/mol. The van der Waals surface area contributed by atoms with Gasteiger partial charge in [-0.05, 0) is 32.6 Å². The largest absolute Gasteiger partial charge is 0.409 e. The van der Waals surface area contributed by atoms with Crippen LogP contribution in [0.5, 0.6) is 0 Å². The van der Waals surface area contributed by atoms with Gasteiger partial charge < -0.3 is 30.2 Å². The zero-order valence-corrected chi connectivity index (χ0v) is 17.6. The van der Waals surface area contributed by atoms with Gasteiger partial charge in [0, 0.05) is 26.2 Å². The molecule has 4 rings (SSSR count). The third-order valence-corrected chi connectivity index (χ3v) is 5.68. The van der Waals surface area contributed by atoms with Crippen LogP contribution in [-0.2, 0) is 13.6 Å². The van der Waals surface area contributed by atoms with E-state index in [1.807, 2.05) is 36.6 Å². The molecule has 1 unspecified atom stereocenters. The molecule has 160 valence electrons. The van der Waals surface area contributed by atoms with E-state index in [4.69, 9.17) is 15.5 Å². The monoisotopic (exact) mass is 413 g/mol. The SMILES string of the molecule is Cc1cc(CN(C)c2nc3nc(/C(N)=N/O)nc(NC(C)C4CCC4)c3n2C)on1. The highest BCUT2D eigenvalue weighted by molar-refractivity contribution is 5.97. The van der Waals surface area contributed by atoms with Gasteiger partial charge >= 0.3 is 0 Å². The number of hydrogen-bond acceptors (Lipinski definition) is 9. The number of aromatic nitrogens is 5. The first-order chi connectivity index (χ1) is 14.4. The first kappa shape index (κ1) is 19.9. The molecule has 0 radical (unpaired) electrons. The van der Waals surface area contributed by atoms with Crippen LogP contribution in [-0.4, -0.2) is 48.8 Å². The van der Waals surface area contributed by atoms with Crippen LogP contribution >= 0.6 is 0 Å². The summed E-state index contributed by atoms with van der Waals surface area (Å²) in [6.07, 6.45) is 3.66. The number of aryl methyl sites for hydroxylation is 2. The summed E-state index contributed by atoms with van der Waals surface area (Å²) in [5.74, 6) is 2.62. The molecule has 3 heterocycles. The Balaban J connectivity index is 1.74. The molecule has 0 bridgehead atoms. The summed E-state index contributed by atoms with van der Waals surface area (Å²) in [6, 6.07) is 2.13. The molecule has 1 aliphatic rings. The minimum absolute atomic E-state index is 0.131. The molecule has 30 heavy (non-hydrogen) atoms. The lowest BCUT2D eigenvalue weighted by atomic mass is 9.80. The number of oxime groups is 1. The number of rotatable bonds is 7. The molecule has 1 aliphatic carbocycles. The van der Waals surface area contributed by atoms with E-state index in [0.29, 0.717) is 29.9 Å². The highest BCUT2D eigenvalue weighted by Crippen LogP contribution is 2.32. The molecule has 11 heteroatoms. The summed E-state index contributed by atoms with van der Waals surface area (Å²) >= 11 is 0. The fourth-order valence-electron chi connectivity index (χ4n) is 3.77. The quantitative estimate of drug-likeness (QED) is 0.229. The molecule has 1 atom stereocenters. The standard InChI is InChI=1S/C19H27N9O2/c1-10-8-13(30-26-10)9-27(3)19-24-17-14(28(19)4)16(21-11(2)12-6-5-7-12)22-18(23-17)15(20)25-29/h8,11-12,29H,5-7,9H2,1-4H3,(H2,20,25)(H,21,22,23). The molecule has 0 spiro atoms. The highest BCUT2D eigenvalue weighted by atomic mass is 16.5. The molecule has 3 aromatic rings. The number of amidine groups is 1. The van der Waals surface area contributed by atoms with Crippen molar-refractivity contribution in [3.63, 3.8) is 0 Å². The Morgan fingerprint density at radius 1 is 1.43 bits per heavy atom. The molecule has 4 N–H and O–H groups in total. The number of nitrogens with one attached hydrogen (secondary N) is 1. The van der Waals surface area contributed by atoms with E-state index in [2.05, 4.69) is 37.5 Å². The van der Waals surface area contributed by atoms with Crippen molar-refractivity contribution in [2.24, 2.45) is 23.9 Å². The molecule has 0 aliphatic heterocycles. The Kier molecular flexibility index (Phi) is 5.18. The summed E-state index contributed by atoms with van der Waals surface area (Å²) in [5.41, 5.74) is 7.82. The van der Waals surface area contributed by atoms with Crippen LogP contribution in [0.2, 0.25) is 0 Å². The number of nitrogens with two attached hydrogens (primary N) is 1. The van der Waals surface area contributed by atoms with Crippen molar-refractivity contribution in [3.05, 3.63) is 23.3 Å². The lowest BCUT2D eigenvalue weighted by Crippen LogP contribution is -2.31. The maximum absolute atomic E-state index is 9.09. The highest BCUT2D eigenvalue weighted by Gasteiger charge is 2.26. The smallest absolute Gasteiger partial charge is 0.208 e. The van der Waals surface area contributed by atoms with E-state index < -0.39 is 0 Å². The number of hydrogen-bond donors (Lipinski definition) is 3. The molecule has 11 nitrogen and oxygen atoms in total. The predicted octanol–water partition coefficient (Wildman–Crippen LogP) is 1.99. The Labute approximate surface area is 174 Å². The molecular weight excluding hydrogens is 386 g/mol. The van der Waals surface area contributed by atoms with Gasteiger partial charge in [0.1, 0.15) is 5.52 Å². The van der Waals surface area contributed by atoms with Gasteiger partial charge in [-0.1, -0.05) is 16.7 Å². The Morgan fingerprint density at radius 3 is 2.80 bits per heavy atom. The van der Waals surface area contributed by atoms with Crippen molar-refractivity contribution < 1.29 is 9.73 Å². The van der Waals surface area contributed by atoms with E-state index in [0.717, 1.165) is 17.0 Å². The van der Waals surface area contributed by atoms with Crippen molar-refractivity contribution in [2.45, 2.75) is 45.7 Å². The zero-order valence-electron chi connectivity index (χ0n) is 17.6. The fraction of sp³-hybridized carbons (Fsp3) is 0.526. The second-order valence-corrected chi connectivity index (χ2v) is 7.94. The maximum atomic E-state index is 9.09. The third-order valence-electron chi connectivity index (χ3n) is 5.68. The van der Waals surface area contributed by atoms with E-state index >= 15 is 0 Å². The molecule has 0 saturated heterocycles. The summed E-state index contributed by atoms with van der Waals surface area (Å²) in [5, 5.41) is 19.6. The number of imidazole rings is 1. The average molecular weight is 413 g/mol. The van der Waals surface area contributed by atoms with Crippen LogP contribution in [0.15, 0.2) is 15.7 Å². The summed E-state index contributed by atoms with van der Waals surface area (Å²) < 4.78 is 7.26. The van der Waals surface area contributed by atoms with Gasteiger partial charge in [-0.3, -0.25) is 0 Å². The van der Waals surface area contributed by atoms with Crippen LogP contribution in [0.3, 0.4) is 0 Å². The summed E-state index contributed by atoms with van der Waals surface area (Å²) in [6.45, 7) is 4.53. The van der Waals surface area contributed by atoms with Crippen LogP contribution < -0.4 is 16.0 Å². The Hall–Kier alpha value is -3.37. The van der Waals surface area contributed by atoms with Crippen molar-refractivity contribution in [3.8, 4) is 0 Å². The first-order valence-electron chi connectivity index (χ1n) is 9.99. The maximum Gasteiger partial charge on any atom is 0.208 e. The number of nitrogens with zero attached hydrogens (tertiary/aromatic N) is 7. The minimum Gasteiger partial charge on any atom is -0.409 e. The van der Waals surface area contributed by atoms with Gasteiger partial charge in [-0.15, -0.1) is 0 Å². The van der Waals surface area contributed by atoms with Crippen molar-refractivity contribution in [1.82, 2.24) is 24.7 Å². The second kappa shape index (κ2) is 7.81. The minimum atomic E-state index is -0.158. The second-order valence-electron chi connectivity index (χ2n) is 7.94. The van der Waals surface area contributed by atoms with Crippen LogP contribution in [0.4, 0.5) is 11.8 Å². The van der Waals surface area contributed by atoms with Crippen LogP contribution in [0.1, 0.15) is 43.5 Å². The zero-order chi connectivity index (χ0) is 21.4. The number of anilines is 2. The lowest BCUT2D eigenvalue weighted by molar-refractivity contribution is 0.285. The lowest BCUT2D eigenvalue weighted by Gasteiger charge is -2.32. The molecule has 1 fully saturated rings. The van der Waals surface area contributed by atoms with Gasteiger partial charge in [0.05, 0.1) is 12.2 Å². The third kappa shape index (κ3) is 3.62. The number of fused-ring (bicyclic) bond motifs is 1. The van der Waals surface area contributed by atoms with Gasteiger partial charge in [0.25, 0.3) is 0 Å². The Bertz CT molecular complexity index is 1080. The van der Waals surface area contributed by atoms with Crippen molar-refractivity contribution >= 4 is 28.8 Å². The van der Waals surface area contributed by atoms with Crippen molar-refractivity contribution in [1.29, 1.82) is 0 Å². The van der Waals surface area contributed by atoms with Crippen LogP contribution in [0.25, 0.3) is 11.2 Å². The van der Waals surface area contributed by atoms with Gasteiger partial charge in [-0.25, -0.2) is 9.97 Å². The fourth-order valence-corrected chi connectivity index (χ4v) is 3.77. The molecule has 0 amide bonds. The van der Waals surface area contributed by atoms with Crippen LogP contribution in [0, 0.1) is 12.8 Å².